The molecule has 0 aromatic heterocycles. The predicted molar refractivity (Wildman–Crippen MR) is 100 cm³/mol. The van der Waals surface area contributed by atoms with Gasteiger partial charge in [-0.25, -0.2) is 9.79 Å². The summed E-state index contributed by atoms with van der Waals surface area (Å²) in [6, 6.07) is 15.8. The summed E-state index contributed by atoms with van der Waals surface area (Å²) in [5, 5.41) is 0. The number of nitrogens with zero attached hydrogens (tertiary/aromatic N) is 1. The van der Waals surface area contributed by atoms with E-state index >= 15 is 0 Å². The van der Waals surface area contributed by atoms with Crippen LogP contribution in [0.15, 0.2) is 59.2 Å². The summed E-state index contributed by atoms with van der Waals surface area (Å²) in [6.45, 7) is 4.31. The van der Waals surface area contributed by atoms with Crippen molar-refractivity contribution in [3.8, 4) is 0 Å². The van der Waals surface area contributed by atoms with Crippen molar-refractivity contribution in [1.29, 1.82) is 0 Å². The van der Waals surface area contributed by atoms with Crippen molar-refractivity contribution in [2.45, 2.75) is 19.8 Å². The number of cyclic esters (lactones) is 1. The molecule has 0 amide bonds. The van der Waals surface area contributed by atoms with Gasteiger partial charge in [-0.3, -0.25) is 0 Å². The van der Waals surface area contributed by atoms with E-state index in [0.29, 0.717) is 17.5 Å². The summed E-state index contributed by atoms with van der Waals surface area (Å²) in [6.07, 6.45) is 1.76. The molecule has 3 rings (SSSR count). The molecule has 1 aliphatic rings. The van der Waals surface area contributed by atoms with E-state index in [4.69, 9.17) is 4.74 Å². The fourth-order valence-corrected chi connectivity index (χ4v) is 2.91. The van der Waals surface area contributed by atoms with Crippen molar-refractivity contribution in [3.05, 3.63) is 74.5 Å². The van der Waals surface area contributed by atoms with Gasteiger partial charge >= 0.3 is 5.97 Å². The van der Waals surface area contributed by atoms with Gasteiger partial charge in [0.05, 0.1) is 5.56 Å². The van der Waals surface area contributed by atoms with E-state index in [0.717, 1.165) is 14.7 Å². The summed E-state index contributed by atoms with van der Waals surface area (Å²) in [7, 11) is 0. The first kappa shape index (κ1) is 15.9. The summed E-state index contributed by atoms with van der Waals surface area (Å²) < 4.78 is 6.31. The number of aliphatic imine (C=N–C) groups is 1. The van der Waals surface area contributed by atoms with Gasteiger partial charge in [-0.05, 0) is 57.8 Å². The van der Waals surface area contributed by atoms with Crippen molar-refractivity contribution in [1.82, 2.24) is 0 Å². The Morgan fingerprint density at radius 1 is 1.09 bits per heavy atom. The SMILES string of the molecule is CC(C)c1ccc(/C=C2\N=C(c3ccccc3I)OC2=O)cc1. The molecule has 0 fully saturated rings. The lowest BCUT2D eigenvalue weighted by molar-refractivity contribution is -0.129. The van der Waals surface area contributed by atoms with Crippen LogP contribution in [0, 0.1) is 3.57 Å². The smallest absolute Gasteiger partial charge is 0.363 e. The number of hydrogen-bond donors (Lipinski definition) is 0. The summed E-state index contributed by atoms with van der Waals surface area (Å²) in [4.78, 5) is 16.4. The largest absolute Gasteiger partial charge is 0.402 e. The Labute approximate surface area is 149 Å². The standard InChI is InChI=1S/C19H16INO2/c1-12(2)14-9-7-13(8-10-14)11-17-19(22)23-18(21-17)15-5-3-4-6-16(15)20/h3-12H,1-2H3/b17-11-. The van der Waals surface area contributed by atoms with Gasteiger partial charge in [0.25, 0.3) is 0 Å². The van der Waals surface area contributed by atoms with E-state index in [1.807, 2.05) is 36.4 Å². The van der Waals surface area contributed by atoms with Gasteiger partial charge in [-0.15, -0.1) is 0 Å². The maximum atomic E-state index is 12.0. The molecule has 0 bridgehead atoms. The fraction of sp³-hybridized carbons (Fsp3) is 0.158. The third-order valence-electron chi connectivity index (χ3n) is 3.63. The maximum absolute atomic E-state index is 12.0. The van der Waals surface area contributed by atoms with Crippen LogP contribution in [0.25, 0.3) is 6.08 Å². The molecule has 2 aromatic rings. The molecule has 0 atom stereocenters. The molecule has 0 unspecified atom stereocenters. The molecular weight excluding hydrogens is 401 g/mol. The third-order valence-corrected chi connectivity index (χ3v) is 4.57. The van der Waals surface area contributed by atoms with Gasteiger partial charge in [0, 0.05) is 3.57 Å². The van der Waals surface area contributed by atoms with Gasteiger partial charge < -0.3 is 4.74 Å². The molecule has 1 aliphatic heterocycles. The zero-order valence-corrected chi connectivity index (χ0v) is 15.1. The highest BCUT2D eigenvalue weighted by Gasteiger charge is 2.25. The Morgan fingerprint density at radius 2 is 1.78 bits per heavy atom. The van der Waals surface area contributed by atoms with Gasteiger partial charge in [0.15, 0.2) is 5.70 Å². The van der Waals surface area contributed by atoms with Crippen molar-refractivity contribution < 1.29 is 9.53 Å². The average Bonchev–Trinajstić information content (AvgIpc) is 2.89. The Morgan fingerprint density at radius 3 is 2.43 bits per heavy atom. The fourth-order valence-electron chi connectivity index (χ4n) is 2.29. The highest BCUT2D eigenvalue weighted by molar-refractivity contribution is 14.1. The van der Waals surface area contributed by atoms with Crippen LogP contribution >= 0.6 is 22.6 Å². The molecule has 23 heavy (non-hydrogen) atoms. The molecule has 2 aromatic carbocycles. The van der Waals surface area contributed by atoms with Crippen molar-refractivity contribution in [2.24, 2.45) is 4.99 Å². The first-order valence-corrected chi connectivity index (χ1v) is 8.50. The zero-order chi connectivity index (χ0) is 16.4. The number of ether oxygens (including phenoxy) is 1. The lowest BCUT2D eigenvalue weighted by Crippen LogP contribution is -2.06. The Balaban J connectivity index is 1.90. The molecule has 1 heterocycles. The molecule has 0 aliphatic carbocycles. The lowest BCUT2D eigenvalue weighted by Gasteiger charge is -2.04. The van der Waals surface area contributed by atoms with Gasteiger partial charge in [0.1, 0.15) is 0 Å². The number of esters is 1. The monoisotopic (exact) mass is 417 g/mol. The maximum Gasteiger partial charge on any atom is 0.363 e. The topological polar surface area (TPSA) is 38.7 Å². The number of carbonyl (C=O) groups is 1. The predicted octanol–water partition coefficient (Wildman–Crippen LogP) is 4.76. The minimum atomic E-state index is -0.410. The molecular formula is C19H16INO2. The summed E-state index contributed by atoms with van der Waals surface area (Å²) >= 11 is 2.21. The molecule has 0 radical (unpaired) electrons. The summed E-state index contributed by atoms with van der Waals surface area (Å²) in [5.41, 5.74) is 3.37. The van der Waals surface area contributed by atoms with E-state index in [2.05, 4.69) is 53.6 Å². The van der Waals surface area contributed by atoms with Crippen LogP contribution in [0.4, 0.5) is 0 Å². The van der Waals surface area contributed by atoms with E-state index in [-0.39, 0.29) is 0 Å². The normalized spacial score (nSPS) is 15.9. The number of rotatable bonds is 3. The van der Waals surface area contributed by atoms with Crippen LogP contribution < -0.4 is 0 Å². The van der Waals surface area contributed by atoms with Crippen LogP contribution in [-0.4, -0.2) is 11.9 Å². The van der Waals surface area contributed by atoms with Crippen LogP contribution in [0.3, 0.4) is 0 Å². The molecule has 0 saturated heterocycles. The van der Waals surface area contributed by atoms with Crippen LogP contribution in [0.2, 0.25) is 0 Å². The highest BCUT2D eigenvalue weighted by atomic mass is 127. The number of halogens is 1. The van der Waals surface area contributed by atoms with Crippen molar-refractivity contribution in [2.75, 3.05) is 0 Å². The molecule has 3 nitrogen and oxygen atoms in total. The lowest BCUT2D eigenvalue weighted by atomic mass is 10.0. The average molecular weight is 417 g/mol. The quantitative estimate of drug-likeness (QED) is 0.411. The third kappa shape index (κ3) is 3.52. The number of hydrogen-bond acceptors (Lipinski definition) is 3. The minimum absolute atomic E-state index is 0.331. The van der Waals surface area contributed by atoms with Gasteiger partial charge in [-0.2, -0.15) is 0 Å². The molecule has 4 heteroatoms. The number of carbonyl (C=O) groups excluding carboxylic acids is 1. The highest BCUT2D eigenvalue weighted by Crippen LogP contribution is 2.22. The van der Waals surface area contributed by atoms with E-state index in [1.165, 1.54) is 5.56 Å². The van der Waals surface area contributed by atoms with E-state index in [9.17, 15) is 4.79 Å². The number of benzene rings is 2. The van der Waals surface area contributed by atoms with Crippen LogP contribution in [0.1, 0.15) is 36.5 Å². The van der Waals surface area contributed by atoms with E-state index < -0.39 is 5.97 Å². The Kier molecular flexibility index (Phi) is 4.61. The first-order chi connectivity index (χ1) is 11.0. The first-order valence-electron chi connectivity index (χ1n) is 7.42. The van der Waals surface area contributed by atoms with Crippen molar-refractivity contribution >= 4 is 40.5 Å². The van der Waals surface area contributed by atoms with Gasteiger partial charge in [-0.1, -0.05) is 50.2 Å². The van der Waals surface area contributed by atoms with Gasteiger partial charge in [0.2, 0.25) is 5.90 Å². The molecule has 0 spiro atoms. The van der Waals surface area contributed by atoms with E-state index in [1.54, 1.807) is 6.08 Å². The zero-order valence-electron chi connectivity index (χ0n) is 12.9. The second-order valence-corrected chi connectivity index (χ2v) is 6.80. The second-order valence-electron chi connectivity index (χ2n) is 5.64. The van der Waals surface area contributed by atoms with Crippen LogP contribution in [-0.2, 0) is 9.53 Å². The second kappa shape index (κ2) is 6.66. The summed E-state index contributed by atoms with van der Waals surface area (Å²) in [5.74, 6) is 0.440. The van der Waals surface area contributed by atoms with Crippen molar-refractivity contribution in [3.63, 3.8) is 0 Å². The Bertz CT molecular complexity index is 804. The minimum Gasteiger partial charge on any atom is -0.402 e. The van der Waals surface area contributed by atoms with Crippen LogP contribution in [0.5, 0.6) is 0 Å². The molecule has 0 N–H and O–H groups in total. The molecule has 116 valence electrons. The Hall–Kier alpha value is -1.95. The molecule has 0 saturated carbocycles.